The molecule has 136 valence electrons. The molecule has 3 aromatic heterocycles. The Hall–Kier alpha value is -2.90. The summed E-state index contributed by atoms with van der Waals surface area (Å²) >= 11 is 0. The van der Waals surface area contributed by atoms with Crippen LogP contribution in [0, 0.1) is 6.92 Å². The number of imidazole rings is 1. The third-order valence-electron chi connectivity index (χ3n) is 5.10. The van der Waals surface area contributed by atoms with Gasteiger partial charge >= 0.3 is 0 Å². The molecule has 3 aromatic rings. The summed E-state index contributed by atoms with van der Waals surface area (Å²) in [7, 11) is 0. The first-order valence-corrected chi connectivity index (χ1v) is 8.95. The molecule has 4 heterocycles. The highest BCUT2D eigenvalue weighted by atomic mass is 16.2. The smallest absolute Gasteiger partial charge is 0.276 e. The van der Waals surface area contributed by atoms with Gasteiger partial charge in [-0.1, -0.05) is 6.92 Å². The standard InChI is InChI=1S/C18H22N6O2/c1-3-13-12(2)20-16-9-14(21-24(16)18(13)26)15-5-4-7-23(15)17(25)10-22-8-6-19-11-22/h6,8-9,11,15,21H,3-5,7,10H2,1-2H3. The summed E-state index contributed by atoms with van der Waals surface area (Å²) < 4.78 is 3.27. The van der Waals surface area contributed by atoms with Crippen molar-refractivity contribution in [3.8, 4) is 0 Å². The number of carbonyl (C=O) groups is 1. The van der Waals surface area contributed by atoms with E-state index in [4.69, 9.17) is 0 Å². The number of aromatic amines is 1. The zero-order chi connectivity index (χ0) is 18.3. The van der Waals surface area contributed by atoms with E-state index in [9.17, 15) is 9.59 Å². The maximum atomic E-state index is 12.7. The molecule has 0 aliphatic carbocycles. The Morgan fingerprint density at radius 2 is 2.27 bits per heavy atom. The van der Waals surface area contributed by atoms with Crippen LogP contribution in [0.3, 0.4) is 0 Å². The monoisotopic (exact) mass is 354 g/mol. The molecule has 8 nitrogen and oxygen atoms in total. The van der Waals surface area contributed by atoms with Crippen molar-refractivity contribution in [2.24, 2.45) is 0 Å². The second kappa shape index (κ2) is 6.44. The molecular formula is C18H22N6O2. The predicted molar refractivity (Wildman–Crippen MR) is 95.8 cm³/mol. The molecular weight excluding hydrogens is 332 g/mol. The molecule has 1 atom stereocenters. The van der Waals surface area contributed by atoms with E-state index >= 15 is 0 Å². The average Bonchev–Trinajstić information content (AvgIpc) is 3.34. The Bertz CT molecular complexity index is 1000. The normalized spacial score (nSPS) is 17.3. The Labute approximate surface area is 150 Å². The molecule has 0 saturated carbocycles. The first-order chi connectivity index (χ1) is 12.6. The van der Waals surface area contributed by atoms with Crippen LogP contribution < -0.4 is 5.56 Å². The van der Waals surface area contributed by atoms with E-state index in [0.717, 1.165) is 36.3 Å². The number of nitrogens with one attached hydrogen (secondary N) is 1. The molecule has 1 aliphatic rings. The number of fused-ring (bicyclic) bond motifs is 1. The van der Waals surface area contributed by atoms with E-state index in [1.165, 1.54) is 4.52 Å². The fourth-order valence-electron chi connectivity index (χ4n) is 3.78. The average molecular weight is 354 g/mol. The van der Waals surface area contributed by atoms with Crippen molar-refractivity contribution in [2.45, 2.75) is 45.7 Å². The summed E-state index contributed by atoms with van der Waals surface area (Å²) in [5, 5.41) is 3.18. The third kappa shape index (κ3) is 2.71. The van der Waals surface area contributed by atoms with Gasteiger partial charge in [-0.15, -0.1) is 0 Å². The first-order valence-electron chi connectivity index (χ1n) is 8.95. The summed E-state index contributed by atoms with van der Waals surface area (Å²) in [5.41, 5.74) is 2.89. The fraction of sp³-hybridized carbons (Fsp3) is 0.444. The number of H-pyrrole nitrogens is 1. The third-order valence-corrected chi connectivity index (χ3v) is 5.10. The SMILES string of the molecule is CCc1c(C)nc2cc(C3CCCN3C(=O)Cn3ccnc3)[nH]n2c1=O. The number of hydrogen-bond donors (Lipinski definition) is 1. The molecule has 1 amide bonds. The van der Waals surface area contributed by atoms with Crippen molar-refractivity contribution in [3.63, 3.8) is 0 Å². The van der Waals surface area contributed by atoms with Crippen LogP contribution in [0.2, 0.25) is 0 Å². The van der Waals surface area contributed by atoms with Gasteiger partial charge in [0.1, 0.15) is 6.54 Å². The van der Waals surface area contributed by atoms with Crippen molar-refractivity contribution in [3.05, 3.63) is 52.1 Å². The van der Waals surface area contributed by atoms with Gasteiger partial charge in [0.2, 0.25) is 5.91 Å². The molecule has 1 unspecified atom stereocenters. The van der Waals surface area contributed by atoms with E-state index in [1.807, 2.05) is 24.8 Å². The molecule has 0 spiro atoms. The lowest BCUT2D eigenvalue weighted by Gasteiger charge is -2.23. The van der Waals surface area contributed by atoms with Gasteiger partial charge in [0.25, 0.3) is 5.56 Å². The lowest BCUT2D eigenvalue weighted by molar-refractivity contribution is -0.132. The minimum atomic E-state index is -0.0597. The van der Waals surface area contributed by atoms with Gasteiger partial charge in [-0.2, -0.15) is 0 Å². The molecule has 1 fully saturated rings. The zero-order valence-electron chi connectivity index (χ0n) is 15.0. The number of amides is 1. The van der Waals surface area contributed by atoms with Gasteiger partial charge in [0.15, 0.2) is 5.65 Å². The van der Waals surface area contributed by atoms with Gasteiger partial charge in [-0.05, 0) is 26.2 Å². The van der Waals surface area contributed by atoms with Crippen molar-refractivity contribution in [2.75, 3.05) is 6.54 Å². The summed E-state index contributed by atoms with van der Waals surface area (Å²) in [5.74, 6) is 0.0508. The number of hydrogen-bond acceptors (Lipinski definition) is 4. The molecule has 1 N–H and O–H groups in total. The van der Waals surface area contributed by atoms with Crippen LogP contribution in [0.1, 0.15) is 42.8 Å². The molecule has 0 bridgehead atoms. The molecule has 1 aliphatic heterocycles. The van der Waals surface area contributed by atoms with E-state index in [1.54, 1.807) is 23.3 Å². The van der Waals surface area contributed by atoms with E-state index < -0.39 is 0 Å². The topological polar surface area (TPSA) is 88.3 Å². The number of aromatic nitrogens is 5. The summed E-state index contributed by atoms with van der Waals surface area (Å²) in [6.07, 6.45) is 7.55. The van der Waals surface area contributed by atoms with E-state index in [-0.39, 0.29) is 24.1 Å². The summed E-state index contributed by atoms with van der Waals surface area (Å²) in [4.78, 5) is 35.8. The summed E-state index contributed by atoms with van der Waals surface area (Å²) in [6.45, 7) is 4.81. The quantitative estimate of drug-likeness (QED) is 0.768. The van der Waals surface area contributed by atoms with Gasteiger partial charge in [0, 0.05) is 36.3 Å². The molecule has 4 rings (SSSR count). The first kappa shape index (κ1) is 16.6. The lowest BCUT2D eigenvalue weighted by atomic mass is 10.1. The predicted octanol–water partition coefficient (Wildman–Crippen LogP) is 1.45. The van der Waals surface area contributed by atoms with Crippen molar-refractivity contribution in [1.29, 1.82) is 0 Å². The molecule has 1 saturated heterocycles. The van der Waals surface area contributed by atoms with Crippen LogP contribution in [0.4, 0.5) is 0 Å². The van der Waals surface area contributed by atoms with Gasteiger partial charge in [0.05, 0.1) is 18.1 Å². The van der Waals surface area contributed by atoms with Gasteiger partial charge < -0.3 is 9.47 Å². The van der Waals surface area contributed by atoms with Crippen molar-refractivity contribution < 1.29 is 4.79 Å². The van der Waals surface area contributed by atoms with Gasteiger partial charge in [-0.25, -0.2) is 14.5 Å². The maximum Gasteiger partial charge on any atom is 0.276 e. The Balaban J connectivity index is 1.66. The minimum absolute atomic E-state index is 0.0508. The highest BCUT2D eigenvalue weighted by molar-refractivity contribution is 5.76. The number of aryl methyl sites for hydroxylation is 1. The van der Waals surface area contributed by atoms with Crippen LogP contribution in [-0.4, -0.2) is 41.5 Å². The molecule has 0 radical (unpaired) electrons. The lowest BCUT2D eigenvalue weighted by Crippen LogP contribution is -2.33. The number of nitrogens with zero attached hydrogens (tertiary/aromatic N) is 5. The Morgan fingerprint density at radius 1 is 1.42 bits per heavy atom. The maximum absolute atomic E-state index is 12.7. The van der Waals surface area contributed by atoms with Crippen LogP contribution in [-0.2, 0) is 17.8 Å². The second-order valence-electron chi connectivity index (χ2n) is 6.72. The van der Waals surface area contributed by atoms with Crippen LogP contribution in [0.25, 0.3) is 5.65 Å². The Kier molecular flexibility index (Phi) is 4.10. The fourth-order valence-corrected chi connectivity index (χ4v) is 3.78. The second-order valence-corrected chi connectivity index (χ2v) is 6.72. The zero-order valence-corrected chi connectivity index (χ0v) is 15.0. The molecule has 8 heteroatoms. The minimum Gasteiger partial charge on any atom is -0.333 e. The van der Waals surface area contributed by atoms with Crippen molar-refractivity contribution in [1.82, 2.24) is 29.0 Å². The number of likely N-dealkylation sites (tertiary alicyclic amines) is 1. The van der Waals surface area contributed by atoms with Crippen LogP contribution >= 0.6 is 0 Å². The largest absolute Gasteiger partial charge is 0.333 e. The van der Waals surface area contributed by atoms with Crippen molar-refractivity contribution >= 4 is 11.6 Å². The number of carbonyl (C=O) groups excluding carboxylic acids is 1. The summed E-state index contributed by atoms with van der Waals surface area (Å²) in [6, 6.07) is 1.83. The molecule has 26 heavy (non-hydrogen) atoms. The van der Waals surface area contributed by atoms with Crippen LogP contribution in [0.15, 0.2) is 29.6 Å². The molecule has 0 aromatic carbocycles. The highest BCUT2D eigenvalue weighted by Crippen LogP contribution is 2.31. The van der Waals surface area contributed by atoms with Gasteiger partial charge in [-0.3, -0.25) is 14.7 Å². The van der Waals surface area contributed by atoms with Crippen LogP contribution in [0.5, 0.6) is 0 Å². The highest BCUT2D eigenvalue weighted by Gasteiger charge is 2.31. The number of rotatable bonds is 4. The van der Waals surface area contributed by atoms with E-state index in [2.05, 4.69) is 15.1 Å². The van der Waals surface area contributed by atoms with E-state index in [0.29, 0.717) is 12.1 Å². The Morgan fingerprint density at radius 3 is 3.00 bits per heavy atom.